The number of para-hydroxylation sites is 1. The van der Waals surface area contributed by atoms with E-state index in [1.165, 1.54) is 0 Å². The maximum atomic E-state index is 9.92. The Hall–Kier alpha value is -1.14. The van der Waals surface area contributed by atoms with Crippen LogP contribution in [0, 0.1) is 6.92 Å². The number of nitrogens with zero attached hydrogens (tertiary/aromatic N) is 1. The van der Waals surface area contributed by atoms with E-state index in [9.17, 15) is 5.11 Å². The highest BCUT2D eigenvalue weighted by Gasteiger charge is 2.10. The van der Waals surface area contributed by atoms with E-state index in [0.717, 1.165) is 50.7 Å². The predicted octanol–water partition coefficient (Wildman–Crippen LogP) is 0.657. The first kappa shape index (κ1) is 16.2. The number of nitrogens with one attached hydrogen (secondary N) is 1. The minimum atomic E-state index is -0.491. The summed E-state index contributed by atoms with van der Waals surface area (Å²) in [6.45, 7) is 8.39. The normalized spacial score (nSPS) is 17.6. The summed E-state index contributed by atoms with van der Waals surface area (Å²) in [6, 6.07) is 7.84. The number of rotatable bonds is 8. The van der Waals surface area contributed by atoms with Crippen molar-refractivity contribution in [1.29, 1.82) is 0 Å². The van der Waals surface area contributed by atoms with Crippen LogP contribution < -0.4 is 10.1 Å². The lowest BCUT2D eigenvalue weighted by molar-refractivity contribution is 0.0376. The van der Waals surface area contributed by atoms with Gasteiger partial charge in [-0.25, -0.2) is 0 Å². The van der Waals surface area contributed by atoms with Crippen molar-refractivity contribution in [2.45, 2.75) is 13.0 Å². The van der Waals surface area contributed by atoms with Crippen molar-refractivity contribution < 1.29 is 14.6 Å². The molecule has 1 saturated heterocycles. The Morgan fingerprint density at radius 1 is 1.33 bits per heavy atom. The Kier molecular flexibility index (Phi) is 6.95. The van der Waals surface area contributed by atoms with Gasteiger partial charge in [-0.3, -0.25) is 4.90 Å². The van der Waals surface area contributed by atoms with Gasteiger partial charge in [0.1, 0.15) is 18.5 Å². The molecule has 5 heteroatoms. The fourth-order valence-electron chi connectivity index (χ4n) is 2.29. The summed E-state index contributed by atoms with van der Waals surface area (Å²) >= 11 is 0. The minimum Gasteiger partial charge on any atom is -0.491 e. The zero-order valence-electron chi connectivity index (χ0n) is 12.8. The third-order valence-corrected chi connectivity index (χ3v) is 3.61. The van der Waals surface area contributed by atoms with Gasteiger partial charge in [-0.1, -0.05) is 18.2 Å². The molecule has 2 rings (SSSR count). The van der Waals surface area contributed by atoms with Crippen LogP contribution in [0.25, 0.3) is 0 Å². The van der Waals surface area contributed by atoms with Crippen molar-refractivity contribution in [3.05, 3.63) is 29.8 Å². The SMILES string of the molecule is Cc1ccccc1OCC(O)CNCCN1CCOCC1. The molecule has 0 bridgehead atoms. The van der Waals surface area contributed by atoms with E-state index in [4.69, 9.17) is 9.47 Å². The monoisotopic (exact) mass is 294 g/mol. The smallest absolute Gasteiger partial charge is 0.122 e. The summed E-state index contributed by atoms with van der Waals surface area (Å²) in [5.74, 6) is 0.838. The predicted molar refractivity (Wildman–Crippen MR) is 82.8 cm³/mol. The van der Waals surface area contributed by atoms with Crippen molar-refractivity contribution in [2.24, 2.45) is 0 Å². The van der Waals surface area contributed by atoms with Gasteiger partial charge in [0.2, 0.25) is 0 Å². The summed E-state index contributed by atoms with van der Waals surface area (Å²) in [5.41, 5.74) is 1.09. The van der Waals surface area contributed by atoms with E-state index < -0.39 is 6.10 Å². The highest BCUT2D eigenvalue weighted by molar-refractivity contribution is 5.31. The molecule has 0 aliphatic carbocycles. The molecular formula is C16H26N2O3. The van der Waals surface area contributed by atoms with E-state index in [2.05, 4.69) is 10.2 Å². The second-order valence-corrected chi connectivity index (χ2v) is 5.39. The number of morpholine rings is 1. The van der Waals surface area contributed by atoms with Crippen LogP contribution in [0.15, 0.2) is 24.3 Å². The number of aryl methyl sites for hydroxylation is 1. The molecule has 0 spiro atoms. The van der Waals surface area contributed by atoms with Crippen LogP contribution in [0.2, 0.25) is 0 Å². The molecule has 1 unspecified atom stereocenters. The summed E-state index contributed by atoms with van der Waals surface area (Å²) < 4.78 is 10.9. The fourth-order valence-corrected chi connectivity index (χ4v) is 2.29. The lowest BCUT2D eigenvalue weighted by atomic mass is 10.2. The van der Waals surface area contributed by atoms with Gasteiger partial charge in [-0.05, 0) is 18.6 Å². The molecule has 1 aliphatic rings. The molecule has 1 heterocycles. The average molecular weight is 294 g/mol. The van der Waals surface area contributed by atoms with Crippen LogP contribution in [0.1, 0.15) is 5.56 Å². The molecule has 2 N–H and O–H groups in total. The molecule has 1 fully saturated rings. The van der Waals surface area contributed by atoms with Crippen molar-refractivity contribution >= 4 is 0 Å². The quantitative estimate of drug-likeness (QED) is 0.690. The van der Waals surface area contributed by atoms with Crippen LogP contribution in [0.5, 0.6) is 5.75 Å². The van der Waals surface area contributed by atoms with Crippen molar-refractivity contribution in [3.63, 3.8) is 0 Å². The number of hydrogen-bond acceptors (Lipinski definition) is 5. The minimum absolute atomic E-state index is 0.315. The number of ether oxygens (including phenoxy) is 2. The first-order valence-electron chi connectivity index (χ1n) is 7.63. The first-order valence-corrected chi connectivity index (χ1v) is 7.63. The summed E-state index contributed by atoms with van der Waals surface area (Å²) in [5, 5.41) is 13.2. The maximum Gasteiger partial charge on any atom is 0.122 e. The van der Waals surface area contributed by atoms with Crippen LogP contribution in [-0.4, -0.2) is 68.7 Å². The van der Waals surface area contributed by atoms with Crippen molar-refractivity contribution in [1.82, 2.24) is 10.2 Å². The van der Waals surface area contributed by atoms with E-state index in [0.29, 0.717) is 13.2 Å². The largest absolute Gasteiger partial charge is 0.491 e. The molecule has 21 heavy (non-hydrogen) atoms. The number of hydrogen-bond donors (Lipinski definition) is 2. The van der Waals surface area contributed by atoms with Crippen molar-refractivity contribution in [3.8, 4) is 5.75 Å². The summed E-state index contributed by atoms with van der Waals surface area (Å²) in [7, 11) is 0. The summed E-state index contributed by atoms with van der Waals surface area (Å²) in [4.78, 5) is 2.37. The van der Waals surface area contributed by atoms with Gasteiger partial charge in [0.25, 0.3) is 0 Å². The molecule has 5 nitrogen and oxygen atoms in total. The van der Waals surface area contributed by atoms with Crippen LogP contribution >= 0.6 is 0 Å². The van der Waals surface area contributed by atoms with Gasteiger partial charge < -0.3 is 19.9 Å². The fraction of sp³-hybridized carbons (Fsp3) is 0.625. The van der Waals surface area contributed by atoms with E-state index in [1.807, 2.05) is 31.2 Å². The topological polar surface area (TPSA) is 54.0 Å². The summed E-state index contributed by atoms with van der Waals surface area (Å²) in [6.07, 6.45) is -0.491. The molecule has 0 radical (unpaired) electrons. The number of benzene rings is 1. The van der Waals surface area contributed by atoms with Gasteiger partial charge in [0, 0.05) is 32.7 Å². The Labute approximate surface area is 126 Å². The first-order chi connectivity index (χ1) is 10.3. The average Bonchev–Trinajstić information content (AvgIpc) is 2.52. The Morgan fingerprint density at radius 2 is 2.10 bits per heavy atom. The standard InChI is InChI=1S/C16H26N2O3/c1-14-4-2-3-5-16(14)21-13-15(19)12-17-6-7-18-8-10-20-11-9-18/h2-5,15,17,19H,6-13H2,1H3. The lowest BCUT2D eigenvalue weighted by Gasteiger charge is -2.26. The van der Waals surface area contributed by atoms with Gasteiger partial charge in [-0.15, -0.1) is 0 Å². The van der Waals surface area contributed by atoms with E-state index in [1.54, 1.807) is 0 Å². The third-order valence-electron chi connectivity index (χ3n) is 3.61. The molecule has 118 valence electrons. The van der Waals surface area contributed by atoms with Gasteiger partial charge in [-0.2, -0.15) is 0 Å². The van der Waals surface area contributed by atoms with Crippen LogP contribution in [0.3, 0.4) is 0 Å². The molecule has 0 saturated carbocycles. The molecular weight excluding hydrogens is 268 g/mol. The van der Waals surface area contributed by atoms with E-state index >= 15 is 0 Å². The Balaban J connectivity index is 1.55. The molecule has 0 aromatic heterocycles. The van der Waals surface area contributed by atoms with E-state index in [-0.39, 0.29) is 0 Å². The second-order valence-electron chi connectivity index (χ2n) is 5.39. The number of aliphatic hydroxyl groups excluding tert-OH is 1. The lowest BCUT2D eigenvalue weighted by Crippen LogP contribution is -2.42. The third kappa shape index (κ3) is 6.01. The molecule has 1 aromatic carbocycles. The zero-order valence-corrected chi connectivity index (χ0v) is 12.8. The Bertz CT molecular complexity index is 408. The maximum absolute atomic E-state index is 9.92. The molecule has 0 amide bonds. The van der Waals surface area contributed by atoms with Gasteiger partial charge in [0.05, 0.1) is 13.2 Å². The molecule has 1 atom stereocenters. The number of aliphatic hydroxyl groups is 1. The highest BCUT2D eigenvalue weighted by Crippen LogP contribution is 2.16. The highest BCUT2D eigenvalue weighted by atomic mass is 16.5. The second kappa shape index (κ2) is 9.00. The molecule has 1 aliphatic heterocycles. The van der Waals surface area contributed by atoms with Crippen molar-refractivity contribution in [2.75, 3.05) is 52.5 Å². The van der Waals surface area contributed by atoms with Crippen LogP contribution in [0.4, 0.5) is 0 Å². The zero-order chi connectivity index (χ0) is 14.9. The van der Waals surface area contributed by atoms with Gasteiger partial charge in [0.15, 0.2) is 0 Å². The molecule has 1 aromatic rings. The van der Waals surface area contributed by atoms with Crippen LogP contribution in [-0.2, 0) is 4.74 Å². The Morgan fingerprint density at radius 3 is 2.86 bits per heavy atom. The van der Waals surface area contributed by atoms with Gasteiger partial charge >= 0.3 is 0 Å².